The molecule has 0 spiro atoms. The van der Waals surface area contributed by atoms with Gasteiger partial charge in [0.05, 0.1) is 59.2 Å². The fourth-order valence-electron chi connectivity index (χ4n) is 4.32. The smallest absolute Gasteiger partial charge is 0.297 e. The van der Waals surface area contributed by atoms with Crippen LogP contribution in [-0.2, 0) is 61.9 Å². The largest absolute Gasteiger partial charge is 0.377 e. The van der Waals surface area contributed by atoms with Crippen molar-refractivity contribution in [2.75, 3.05) is 39.6 Å². The van der Waals surface area contributed by atoms with Crippen LogP contribution in [0.2, 0.25) is 0 Å². The first-order chi connectivity index (χ1) is 25.4. The van der Waals surface area contributed by atoms with E-state index in [-0.39, 0.29) is 59.2 Å². The van der Waals surface area contributed by atoms with Crippen molar-refractivity contribution in [2.45, 2.75) is 66.5 Å². The van der Waals surface area contributed by atoms with E-state index < -0.39 is 40.5 Å². The molecule has 4 aromatic rings. The minimum Gasteiger partial charge on any atom is -0.377 e. The Morgan fingerprint density at radius 2 is 0.537 bits per heavy atom. The normalized spacial score (nSPS) is 12.2. The zero-order chi connectivity index (χ0) is 39.8. The molecule has 54 heavy (non-hydrogen) atoms. The molecule has 0 fully saturated rings. The molecule has 0 amide bonds. The van der Waals surface area contributed by atoms with Gasteiger partial charge >= 0.3 is 0 Å². The average Bonchev–Trinajstić information content (AvgIpc) is 3.12. The van der Waals surface area contributed by atoms with Gasteiger partial charge in [0.1, 0.15) is 0 Å². The van der Waals surface area contributed by atoms with E-state index in [1.165, 1.54) is 48.5 Å². The Labute approximate surface area is 319 Å². The zero-order valence-electron chi connectivity index (χ0n) is 30.5. The van der Waals surface area contributed by atoms with E-state index in [0.717, 1.165) is 22.3 Å². The van der Waals surface area contributed by atoms with Crippen molar-refractivity contribution in [3.63, 3.8) is 0 Å². The molecule has 0 heterocycles. The number of rotatable bonds is 20. The highest BCUT2D eigenvalue weighted by atomic mass is 32.2. The summed E-state index contributed by atoms with van der Waals surface area (Å²) in [5.74, 6) is 0. The Kier molecular flexibility index (Phi) is 17.4. The molecule has 0 saturated heterocycles. The van der Waals surface area contributed by atoms with E-state index in [1.807, 2.05) is 27.7 Å². The molecule has 4 rings (SSSR count). The topological polar surface area (TPSA) is 183 Å². The predicted molar refractivity (Wildman–Crippen MR) is 202 cm³/mol. The number of hydrogen-bond donors (Lipinski definition) is 0. The summed E-state index contributed by atoms with van der Waals surface area (Å²) in [5.41, 5.74) is 3.82. The van der Waals surface area contributed by atoms with E-state index in [4.69, 9.17) is 21.5 Å². The van der Waals surface area contributed by atoms with Crippen LogP contribution in [0.3, 0.4) is 0 Å². The Morgan fingerprint density at radius 3 is 0.778 bits per heavy atom. The Morgan fingerprint density at radius 1 is 0.315 bits per heavy atom. The molecule has 17 heteroatoms. The van der Waals surface area contributed by atoms with Crippen LogP contribution in [0.4, 0.5) is 0 Å². The summed E-state index contributed by atoms with van der Waals surface area (Å²) < 4.78 is 121. The van der Waals surface area contributed by atoms with Crippen molar-refractivity contribution in [1.82, 2.24) is 0 Å². The average molecular weight is 827 g/mol. The Bertz CT molecular complexity index is 1860. The number of hydrogen-bond acceptors (Lipinski definition) is 13. The van der Waals surface area contributed by atoms with Gasteiger partial charge in [0.2, 0.25) is 0 Å². The maximum Gasteiger partial charge on any atom is 0.297 e. The van der Waals surface area contributed by atoms with Gasteiger partial charge in [-0.2, -0.15) is 33.7 Å². The minimum absolute atomic E-state index is 0.0149. The van der Waals surface area contributed by atoms with Gasteiger partial charge in [-0.3, -0.25) is 16.7 Å². The monoisotopic (exact) mass is 826 g/mol. The van der Waals surface area contributed by atoms with Gasteiger partial charge in [-0.1, -0.05) is 70.8 Å². The van der Waals surface area contributed by atoms with Crippen LogP contribution in [0, 0.1) is 27.7 Å². The lowest BCUT2D eigenvalue weighted by Crippen LogP contribution is -2.15. The van der Waals surface area contributed by atoms with Gasteiger partial charge in [0.25, 0.3) is 40.5 Å². The summed E-state index contributed by atoms with van der Waals surface area (Å²) >= 11 is 0. The first kappa shape index (κ1) is 44.9. The van der Waals surface area contributed by atoms with Crippen LogP contribution in [0.5, 0.6) is 0 Å². The minimum atomic E-state index is -3.84. The molecule has 0 bridgehead atoms. The van der Waals surface area contributed by atoms with Gasteiger partial charge in [0.15, 0.2) is 0 Å². The fourth-order valence-corrected chi connectivity index (χ4v) is 7.99. The number of aryl methyl sites for hydroxylation is 4. The molecule has 0 aliphatic carbocycles. The summed E-state index contributed by atoms with van der Waals surface area (Å²) in [6.07, 6.45) is 1.56. The first-order valence-corrected chi connectivity index (χ1v) is 22.5. The third-order valence-corrected chi connectivity index (χ3v) is 12.7. The second-order valence-electron chi connectivity index (χ2n) is 12.0. The number of ether oxygens (including phenoxy) is 1. The van der Waals surface area contributed by atoms with Gasteiger partial charge in [-0.25, -0.2) is 0 Å². The lowest BCUT2D eigenvalue weighted by atomic mass is 10.2. The van der Waals surface area contributed by atoms with E-state index in [9.17, 15) is 33.7 Å². The van der Waals surface area contributed by atoms with Crippen molar-refractivity contribution in [2.24, 2.45) is 0 Å². The third-order valence-electron chi connectivity index (χ3n) is 7.44. The highest BCUT2D eigenvalue weighted by Gasteiger charge is 2.17. The van der Waals surface area contributed by atoms with Crippen LogP contribution < -0.4 is 0 Å². The van der Waals surface area contributed by atoms with Crippen molar-refractivity contribution in [3.05, 3.63) is 119 Å². The van der Waals surface area contributed by atoms with E-state index in [1.54, 1.807) is 48.5 Å². The second-order valence-corrected chi connectivity index (χ2v) is 18.5. The first-order valence-electron chi connectivity index (χ1n) is 16.8. The molecule has 296 valence electrons. The standard InChI is InChI=1S/C19H24O6S2.C18H22O7S2/c1-16-6-10-18(11-7-16)26(20,21)24-14-4-3-5-15-25-27(22,23)19-12-8-17(2)9-13-19;1-15-3-7-17(8-4-15)26(19,20)24-13-11-23-12-14-25-27(21,22)18-9-5-16(2)6-10-18/h6-13H,3-5,14-15H2,1-2H3;3-10H,11-14H2,1-2H3. The summed E-state index contributed by atoms with van der Waals surface area (Å²) in [7, 11) is -15.2. The van der Waals surface area contributed by atoms with E-state index in [0.29, 0.717) is 19.3 Å². The van der Waals surface area contributed by atoms with Gasteiger partial charge in [0, 0.05) is 0 Å². The molecular weight excluding hydrogens is 781 g/mol. The molecule has 0 aromatic heterocycles. The van der Waals surface area contributed by atoms with Crippen LogP contribution >= 0.6 is 0 Å². The zero-order valence-corrected chi connectivity index (χ0v) is 33.8. The maximum atomic E-state index is 12.0. The maximum absolute atomic E-state index is 12.0. The molecule has 0 aliphatic heterocycles. The van der Waals surface area contributed by atoms with Crippen molar-refractivity contribution in [1.29, 1.82) is 0 Å². The van der Waals surface area contributed by atoms with Crippen LogP contribution in [0.15, 0.2) is 117 Å². The molecule has 13 nitrogen and oxygen atoms in total. The Balaban J connectivity index is 0.000000290. The van der Waals surface area contributed by atoms with Crippen molar-refractivity contribution < 1.29 is 55.1 Å². The van der Waals surface area contributed by atoms with Crippen molar-refractivity contribution in [3.8, 4) is 0 Å². The quantitative estimate of drug-likeness (QED) is 0.0746. The highest BCUT2D eigenvalue weighted by molar-refractivity contribution is 7.87. The van der Waals surface area contributed by atoms with E-state index >= 15 is 0 Å². The van der Waals surface area contributed by atoms with Gasteiger partial charge < -0.3 is 4.74 Å². The van der Waals surface area contributed by atoms with Crippen molar-refractivity contribution >= 4 is 40.5 Å². The van der Waals surface area contributed by atoms with Crippen LogP contribution in [0.1, 0.15) is 41.5 Å². The molecule has 0 saturated carbocycles. The second kappa shape index (κ2) is 21.0. The molecule has 0 radical (unpaired) electrons. The SMILES string of the molecule is Cc1ccc(S(=O)(=O)OCCCCCOS(=O)(=O)c2ccc(C)cc2)cc1.Cc1ccc(S(=O)(=O)OCCOCCOS(=O)(=O)c2ccc(C)cc2)cc1. The van der Waals surface area contributed by atoms with E-state index in [2.05, 4.69) is 0 Å². The Hall–Kier alpha value is -3.52. The molecule has 0 N–H and O–H groups in total. The van der Waals surface area contributed by atoms with Gasteiger partial charge in [-0.15, -0.1) is 0 Å². The predicted octanol–water partition coefficient (Wildman–Crippen LogP) is 6.02. The molecular formula is C37H46O13S4. The number of unbranched alkanes of at least 4 members (excludes halogenated alkanes) is 2. The van der Waals surface area contributed by atoms with Gasteiger partial charge in [-0.05, 0) is 95.5 Å². The number of benzene rings is 4. The molecule has 0 unspecified atom stereocenters. The summed E-state index contributed by atoms with van der Waals surface area (Å²) in [5, 5.41) is 0. The summed E-state index contributed by atoms with van der Waals surface area (Å²) in [6, 6.07) is 25.5. The summed E-state index contributed by atoms with van der Waals surface area (Å²) in [4.78, 5) is 0.391. The lowest BCUT2D eigenvalue weighted by molar-refractivity contribution is 0.0794. The summed E-state index contributed by atoms with van der Waals surface area (Å²) in [6.45, 7) is 7.15. The van der Waals surface area contributed by atoms with Crippen LogP contribution in [0.25, 0.3) is 0 Å². The molecule has 4 aromatic carbocycles. The van der Waals surface area contributed by atoms with Crippen LogP contribution in [-0.4, -0.2) is 73.3 Å². The fraction of sp³-hybridized carbons (Fsp3) is 0.351. The molecule has 0 aliphatic rings. The third kappa shape index (κ3) is 15.3. The molecule has 0 atom stereocenters. The lowest BCUT2D eigenvalue weighted by Gasteiger charge is -2.08. The highest BCUT2D eigenvalue weighted by Crippen LogP contribution is 2.17.